The highest BCUT2D eigenvalue weighted by molar-refractivity contribution is 4.82. The number of hydrogen-bond donors (Lipinski definition) is 1. The van der Waals surface area contributed by atoms with Crippen molar-refractivity contribution in [2.75, 3.05) is 26.2 Å². The molecule has 0 saturated carbocycles. The van der Waals surface area contributed by atoms with Gasteiger partial charge in [-0.05, 0) is 83.7 Å². The van der Waals surface area contributed by atoms with Gasteiger partial charge in [0.15, 0.2) is 0 Å². The van der Waals surface area contributed by atoms with Crippen LogP contribution in [-0.4, -0.2) is 36.2 Å². The second-order valence-corrected chi connectivity index (χ2v) is 12.8. The van der Waals surface area contributed by atoms with Crippen LogP contribution in [0.1, 0.15) is 200 Å². The van der Waals surface area contributed by atoms with Crippen molar-refractivity contribution in [1.29, 1.82) is 0 Å². The van der Waals surface area contributed by atoms with E-state index in [0.717, 1.165) is 13.0 Å². The molecule has 0 aliphatic rings. The summed E-state index contributed by atoms with van der Waals surface area (Å²) in [6.07, 6.45) is 49.1. The van der Waals surface area contributed by atoms with Crippen LogP contribution in [0.2, 0.25) is 0 Å². The quantitative estimate of drug-likeness (QED) is 0.0600. The molecule has 41 heavy (non-hydrogen) atoms. The lowest BCUT2D eigenvalue weighted by Crippen LogP contribution is -2.27. The standard InChI is InChI=1S/C39H77NO/c1-3-5-7-9-11-13-15-17-19-21-23-25-27-29-31-33-36-40(38-35-39-41)37-34-32-30-28-26-24-22-20-18-16-14-12-10-8-6-4-2/h17-20,41H,3-16,21-39H2,1-2H3/b19-17-,20-18-. The van der Waals surface area contributed by atoms with Gasteiger partial charge < -0.3 is 10.0 Å². The first-order valence-electron chi connectivity index (χ1n) is 19.0. The number of aliphatic hydroxyl groups excluding tert-OH is 1. The van der Waals surface area contributed by atoms with Crippen molar-refractivity contribution in [3.8, 4) is 0 Å². The number of unbranched alkanes of at least 4 members (excludes halogenated alkanes) is 24. The highest BCUT2D eigenvalue weighted by Gasteiger charge is 2.04. The molecule has 0 bridgehead atoms. The van der Waals surface area contributed by atoms with Gasteiger partial charge >= 0.3 is 0 Å². The predicted molar refractivity (Wildman–Crippen MR) is 187 cm³/mol. The van der Waals surface area contributed by atoms with Crippen molar-refractivity contribution in [2.24, 2.45) is 0 Å². The van der Waals surface area contributed by atoms with Crippen molar-refractivity contribution >= 4 is 0 Å². The van der Waals surface area contributed by atoms with E-state index >= 15 is 0 Å². The first-order valence-corrected chi connectivity index (χ1v) is 19.0. The van der Waals surface area contributed by atoms with Gasteiger partial charge in [0.25, 0.3) is 0 Å². The largest absolute Gasteiger partial charge is 0.396 e. The molecular formula is C39H77NO. The maximum absolute atomic E-state index is 9.30. The Morgan fingerprint density at radius 3 is 0.927 bits per heavy atom. The number of rotatable bonds is 35. The zero-order valence-corrected chi connectivity index (χ0v) is 28.5. The molecule has 0 rings (SSSR count). The highest BCUT2D eigenvalue weighted by Crippen LogP contribution is 2.13. The summed E-state index contributed by atoms with van der Waals surface area (Å²) in [7, 11) is 0. The molecule has 0 aromatic rings. The van der Waals surface area contributed by atoms with E-state index in [9.17, 15) is 5.11 Å². The topological polar surface area (TPSA) is 23.5 Å². The van der Waals surface area contributed by atoms with E-state index < -0.39 is 0 Å². The van der Waals surface area contributed by atoms with Gasteiger partial charge in [0.2, 0.25) is 0 Å². The van der Waals surface area contributed by atoms with E-state index in [1.807, 2.05) is 0 Å². The van der Waals surface area contributed by atoms with Crippen LogP contribution in [0.4, 0.5) is 0 Å². The van der Waals surface area contributed by atoms with Gasteiger partial charge in [0.1, 0.15) is 0 Å². The van der Waals surface area contributed by atoms with Gasteiger partial charge in [0.05, 0.1) is 0 Å². The fourth-order valence-corrected chi connectivity index (χ4v) is 5.80. The Bertz CT molecular complexity index is 472. The third-order valence-electron chi connectivity index (χ3n) is 8.60. The van der Waals surface area contributed by atoms with Crippen LogP contribution in [0.25, 0.3) is 0 Å². The fraction of sp³-hybridized carbons (Fsp3) is 0.897. The summed E-state index contributed by atoms with van der Waals surface area (Å²) in [4.78, 5) is 2.62. The van der Waals surface area contributed by atoms with Crippen LogP contribution in [0.3, 0.4) is 0 Å². The minimum atomic E-state index is 0.331. The molecule has 2 nitrogen and oxygen atoms in total. The number of aliphatic hydroxyl groups is 1. The van der Waals surface area contributed by atoms with Gasteiger partial charge in [0, 0.05) is 13.2 Å². The lowest BCUT2D eigenvalue weighted by molar-refractivity contribution is 0.217. The Balaban J connectivity index is 3.54. The molecule has 0 radical (unpaired) electrons. The number of allylic oxidation sites excluding steroid dienone is 4. The van der Waals surface area contributed by atoms with Gasteiger partial charge in [-0.3, -0.25) is 0 Å². The van der Waals surface area contributed by atoms with Crippen LogP contribution >= 0.6 is 0 Å². The molecule has 0 atom stereocenters. The van der Waals surface area contributed by atoms with Crippen LogP contribution < -0.4 is 0 Å². The van der Waals surface area contributed by atoms with E-state index in [2.05, 4.69) is 43.1 Å². The molecular weight excluding hydrogens is 498 g/mol. The maximum Gasteiger partial charge on any atom is 0.0443 e. The Hall–Kier alpha value is -0.600. The Morgan fingerprint density at radius 2 is 0.610 bits per heavy atom. The van der Waals surface area contributed by atoms with Crippen LogP contribution in [0, 0.1) is 0 Å². The summed E-state index contributed by atoms with van der Waals surface area (Å²) in [5.41, 5.74) is 0. The summed E-state index contributed by atoms with van der Waals surface area (Å²) < 4.78 is 0. The summed E-state index contributed by atoms with van der Waals surface area (Å²) in [5.74, 6) is 0. The average Bonchev–Trinajstić information content (AvgIpc) is 2.98. The number of hydrogen-bond acceptors (Lipinski definition) is 2. The van der Waals surface area contributed by atoms with Crippen molar-refractivity contribution < 1.29 is 5.11 Å². The summed E-state index contributed by atoms with van der Waals surface area (Å²) >= 11 is 0. The maximum atomic E-state index is 9.30. The molecule has 244 valence electrons. The zero-order valence-electron chi connectivity index (χ0n) is 28.5. The molecule has 0 amide bonds. The normalized spacial score (nSPS) is 12.1. The van der Waals surface area contributed by atoms with E-state index in [1.54, 1.807) is 0 Å². The first kappa shape index (κ1) is 40.4. The highest BCUT2D eigenvalue weighted by atomic mass is 16.3. The second kappa shape index (κ2) is 37.4. The fourth-order valence-electron chi connectivity index (χ4n) is 5.80. The number of nitrogens with zero attached hydrogens (tertiary/aromatic N) is 1. The molecule has 0 unspecified atom stereocenters. The molecule has 0 spiro atoms. The van der Waals surface area contributed by atoms with Crippen LogP contribution in [0.5, 0.6) is 0 Å². The zero-order chi connectivity index (χ0) is 29.7. The first-order chi connectivity index (χ1) is 20.3. The van der Waals surface area contributed by atoms with Crippen LogP contribution in [-0.2, 0) is 0 Å². The molecule has 0 aliphatic heterocycles. The molecule has 0 heterocycles. The molecule has 0 aromatic heterocycles. The molecule has 0 aromatic carbocycles. The molecule has 0 aliphatic carbocycles. The summed E-state index contributed by atoms with van der Waals surface area (Å²) in [6, 6.07) is 0. The molecule has 0 saturated heterocycles. The van der Waals surface area contributed by atoms with Crippen molar-refractivity contribution in [3.05, 3.63) is 24.3 Å². The molecule has 0 fully saturated rings. The Morgan fingerprint density at radius 1 is 0.341 bits per heavy atom. The third kappa shape index (κ3) is 35.5. The monoisotopic (exact) mass is 576 g/mol. The van der Waals surface area contributed by atoms with Crippen LogP contribution in [0.15, 0.2) is 24.3 Å². The van der Waals surface area contributed by atoms with Gasteiger partial charge in [-0.1, -0.05) is 154 Å². The minimum absolute atomic E-state index is 0.331. The van der Waals surface area contributed by atoms with E-state index in [4.69, 9.17) is 0 Å². The average molecular weight is 576 g/mol. The van der Waals surface area contributed by atoms with E-state index in [-0.39, 0.29) is 0 Å². The summed E-state index contributed by atoms with van der Waals surface area (Å²) in [6.45, 7) is 8.45. The predicted octanol–water partition coefficient (Wildman–Crippen LogP) is 12.7. The van der Waals surface area contributed by atoms with Crippen molar-refractivity contribution in [2.45, 2.75) is 200 Å². The van der Waals surface area contributed by atoms with Gasteiger partial charge in [-0.15, -0.1) is 0 Å². The van der Waals surface area contributed by atoms with Crippen molar-refractivity contribution in [1.82, 2.24) is 4.90 Å². The second-order valence-electron chi connectivity index (χ2n) is 12.8. The lowest BCUT2D eigenvalue weighted by atomic mass is 10.1. The Labute approximate surface area is 260 Å². The molecule has 1 N–H and O–H groups in total. The Kier molecular flexibility index (Phi) is 36.9. The lowest BCUT2D eigenvalue weighted by Gasteiger charge is -2.22. The molecule has 2 heteroatoms. The smallest absolute Gasteiger partial charge is 0.0443 e. The van der Waals surface area contributed by atoms with E-state index in [1.165, 1.54) is 193 Å². The van der Waals surface area contributed by atoms with Crippen molar-refractivity contribution in [3.63, 3.8) is 0 Å². The SMILES string of the molecule is CCCCCCCC/C=C\CCCCCCCCN(CCCO)CCCCCCCC/C=C\CCCCCCCC. The minimum Gasteiger partial charge on any atom is -0.396 e. The van der Waals surface area contributed by atoms with E-state index in [0.29, 0.717) is 6.61 Å². The van der Waals surface area contributed by atoms with Gasteiger partial charge in [-0.2, -0.15) is 0 Å². The third-order valence-corrected chi connectivity index (χ3v) is 8.60. The van der Waals surface area contributed by atoms with Gasteiger partial charge in [-0.25, -0.2) is 0 Å². The summed E-state index contributed by atoms with van der Waals surface area (Å²) in [5, 5.41) is 9.30.